The molecule has 13 heteroatoms. The average molecular weight is 705 g/mol. The van der Waals surface area contributed by atoms with E-state index in [0.29, 0.717) is 11.3 Å². The molecule has 1 saturated heterocycles. The van der Waals surface area contributed by atoms with Crippen molar-refractivity contribution in [3.05, 3.63) is 114 Å². The van der Waals surface area contributed by atoms with Crippen LogP contribution in [0.3, 0.4) is 0 Å². The van der Waals surface area contributed by atoms with E-state index in [-0.39, 0.29) is 32.1 Å². The van der Waals surface area contributed by atoms with Gasteiger partial charge in [0.25, 0.3) is 5.91 Å². The largest absolute Gasteiger partial charge is 0.370 e. The molecule has 0 aromatic heterocycles. The number of nitrogens with two attached hydrogens (primary N) is 1. The summed E-state index contributed by atoms with van der Waals surface area (Å²) in [5.74, 6) is -3.34. The highest BCUT2D eigenvalue weighted by Gasteiger charge is 2.36. The first-order valence-electron chi connectivity index (χ1n) is 17.3. The molecule has 52 heavy (non-hydrogen) atoms. The molecule has 0 spiro atoms. The van der Waals surface area contributed by atoms with E-state index >= 15 is 0 Å². The molecule has 0 aliphatic carbocycles. The van der Waals surface area contributed by atoms with Crippen LogP contribution in [-0.2, 0) is 25.6 Å². The monoisotopic (exact) mass is 704 g/mol. The Bertz CT molecular complexity index is 1900. The molecule has 5 unspecified atom stereocenters. The number of anilines is 1. The standard InChI is InChI=1S/C39H44N8O5/c1-2-28(46-39(40)41)33-38(52)44-31(35(49)42-29-20-11-18-25-15-9-10-19-27(25)29)22-12-21-30(43-34(48)26-16-7-4-8-17-26)36(50)45-32(37(51)47-33)23-24-13-5-3-6-14-24/h3-11,13-20,28,30-33H,2,12,21-23H2,1H3,(H,42,49)(H,43,48)(H,44,52)(H,45,50)(H,47,51)(H4,40,41,46). The second kappa shape index (κ2) is 17.6. The van der Waals surface area contributed by atoms with Crippen LogP contribution in [0.25, 0.3) is 10.8 Å². The van der Waals surface area contributed by atoms with Crippen LogP contribution in [0.2, 0.25) is 0 Å². The second-order valence-electron chi connectivity index (χ2n) is 12.7. The minimum atomic E-state index is -1.29. The average Bonchev–Trinajstić information content (AvgIpc) is 3.15. The Hall–Kier alpha value is -6.24. The zero-order chi connectivity index (χ0) is 37.0. The predicted octanol–water partition coefficient (Wildman–Crippen LogP) is 2.72. The highest BCUT2D eigenvalue weighted by Crippen LogP contribution is 2.23. The summed E-state index contributed by atoms with van der Waals surface area (Å²) in [6, 6.07) is 25.1. The number of rotatable bonds is 9. The third-order valence-electron chi connectivity index (χ3n) is 9.00. The highest BCUT2D eigenvalue weighted by atomic mass is 16.2. The molecule has 1 fully saturated rings. The fourth-order valence-electron chi connectivity index (χ4n) is 6.27. The molecule has 0 bridgehead atoms. The molecule has 13 nitrogen and oxygen atoms in total. The molecule has 270 valence electrons. The van der Waals surface area contributed by atoms with Gasteiger partial charge in [-0.2, -0.15) is 0 Å². The molecular formula is C39H44N8O5. The fraction of sp³-hybridized carbons (Fsp3) is 0.282. The lowest BCUT2D eigenvalue weighted by molar-refractivity contribution is -0.133. The van der Waals surface area contributed by atoms with Crippen molar-refractivity contribution in [3.63, 3.8) is 0 Å². The molecular weight excluding hydrogens is 660 g/mol. The molecule has 5 amide bonds. The number of amides is 5. The topological polar surface area (TPSA) is 207 Å². The van der Waals surface area contributed by atoms with Crippen molar-refractivity contribution in [2.45, 2.75) is 69.2 Å². The van der Waals surface area contributed by atoms with Crippen molar-refractivity contribution >= 4 is 52.0 Å². The molecule has 5 atom stereocenters. The summed E-state index contributed by atoms with van der Waals surface area (Å²) >= 11 is 0. The van der Waals surface area contributed by atoms with Gasteiger partial charge in [-0.25, -0.2) is 0 Å². The Morgan fingerprint density at radius 1 is 0.808 bits per heavy atom. The van der Waals surface area contributed by atoms with E-state index in [2.05, 4.69) is 31.9 Å². The smallest absolute Gasteiger partial charge is 0.251 e. The van der Waals surface area contributed by atoms with Crippen molar-refractivity contribution in [1.29, 1.82) is 5.41 Å². The Labute approximate surface area is 302 Å². The summed E-state index contributed by atoms with van der Waals surface area (Å²) in [5, 5.41) is 26.5. The fourth-order valence-corrected chi connectivity index (χ4v) is 6.27. The van der Waals surface area contributed by atoms with Gasteiger partial charge in [-0.05, 0) is 54.8 Å². The van der Waals surface area contributed by atoms with Crippen LogP contribution in [0.1, 0.15) is 48.5 Å². The maximum atomic E-state index is 14.1. The van der Waals surface area contributed by atoms with Crippen molar-refractivity contribution in [2.75, 3.05) is 5.32 Å². The van der Waals surface area contributed by atoms with Crippen LogP contribution >= 0.6 is 0 Å². The normalized spacial score (nSPS) is 20.4. The summed E-state index contributed by atoms with van der Waals surface area (Å²) in [4.78, 5) is 69.4. The third-order valence-corrected chi connectivity index (χ3v) is 9.00. The van der Waals surface area contributed by atoms with Crippen molar-refractivity contribution in [3.8, 4) is 0 Å². The summed E-state index contributed by atoms with van der Waals surface area (Å²) in [6.07, 6.45) is 0.788. The van der Waals surface area contributed by atoms with Gasteiger partial charge in [-0.3, -0.25) is 29.4 Å². The van der Waals surface area contributed by atoms with E-state index < -0.39 is 65.7 Å². The van der Waals surface area contributed by atoms with Crippen molar-refractivity contribution in [2.24, 2.45) is 5.73 Å². The zero-order valence-corrected chi connectivity index (χ0v) is 28.9. The van der Waals surface area contributed by atoms with Gasteiger partial charge in [-0.1, -0.05) is 91.9 Å². The number of guanidine groups is 1. The zero-order valence-electron chi connectivity index (χ0n) is 28.9. The third kappa shape index (κ3) is 9.71. The van der Waals surface area contributed by atoms with Gasteiger partial charge < -0.3 is 37.6 Å². The Kier molecular flexibility index (Phi) is 12.5. The minimum absolute atomic E-state index is 0.0824. The van der Waals surface area contributed by atoms with Gasteiger partial charge in [0, 0.05) is 23.1 Å². The quantitative estimate of drug-likeness (QED) is 0.0965. The summed E-state index contributed by atoms with van der Waals surface area (Å²) in [6.45, 7) is 1.76. The first kappa shape index (κ1) is 37.0. The van der Waals surface area contributed by atoms with E-state index in [9.17, 15) is 24.0 Å². The molecule has 4 aromatic rings. The van der Waals surface area contributed by atoms with Crippen LogP contribution in [0, 0.1) is 5.41 Å². The number of carbonyl (C=O) groups is 5. The lowest BCUT2D eigenvalue weighted by Gasteiger charge is -2.30. The molecule has 0 radical (unpaired) electrons. The van der Waals surface area contributed by atoms with Crippen molar-refractivity contribution in [1.82, 2.24) is 26.6 Å². The minimum Gasteiger partial charge on any atom is -0.370 e. The van der Waals surface area contributed by atoms with Crippen molar-refractivity contribution < 1.29 is 24.0 Å². The molecule has 0 saturated carbocycles. The van der Waals surface area contributed by atoms with Gasteiger partial charge in [0.2, 0.25) is 23.6 Å². The van der Waals surface area contributed by atoms with E-state index in [1.54, 1.807) is 55.5 Å². The predicted molar refractivity (Wildman–Crippen MR) is 199 cm³/mol. The molecule has 9 N–H and O–H groups in total. The van der Waals surface area contributed by atoms with Gasteiger partial charge >= 0.3 is 0 Å². The van der Waals surface area contributed by atoms with Crippen LogP contribution in [0.4, 0.5) is 5.69 Å². The van der Waals surface area contributed by atoms with E-state index in [1.165, 1.54) is 0 Å². The van der Waals surface area contributed by atoms with E-state index in [1.807, 2.05) is 54.6 Å². The lowest BCUT2D eigenvalue weighted by Crippen LogP contribution is -2.63. The van der Waals surface area contributed by atoms with Gasteiger partial charge in [0.1, 0.15) is 24.2 Å². The Morgan fingerprint density at radius 3 is 2.19 bits per heavy atom. The van der Waals surface area contributed by atoms with Crippen LogP contribution in [0.5, 0.6) is 0 Å². The number of nitrogens with one attached hydrogen (secondary N) is 7. The number of carbonyl (C=O) groups excluding carboxylic acids is 5. The molecule has 1 aliphatic rings. The van der Waals surface area contributed by atoms with Crippen LogP contribution < -0.4 is 37.6 Å². The lowest BCUT2D eigenvalue weighted by atomic mass is 10.0. The molecule has 1 heterocycles. The Morgan fingerprint density at radius 2 is 1.48 bits per heavy atom. The first-order chi connectivity index (χ1) is 25.1. The number of hydrogen-bond donors (Lipinski definition) is 8. The highest BCUT2D eigenvalue weighted by molar-refractivity contribution is 6.05. The number of fused-ring (bicyclic) bond motifs is 1. The molecule has 1 aliphatic heterocycles. The van der Waals surface area contributed by atoms with Crippen LogP contribution in [-0.4, -0.2) is 65.7 Å². The second-order valence-corrected chi connectivity index (χ2v) is 12.7. The maximum absolute atomic E-state index is 14.1. The first-order valence-corrected chi connectivity index (χ1v) is 17.3. The van der Waals surface area contributed by atoms with E-state index in [4.69, 9.17) is 11.1 Å². The van der Waals surface area contributed by atoms with Gasteiger partial charge in [0.15, 0.2) is 5.96 Å². The van der Waals surface area contributed by atoms with Crippen LogP contribution in [0.15, 0.2) is 103 Å². The van der Waals surface area contributed by atoms with E-state index in [0.717, 1.165) is 16.3 Å². The summed E-state index contributed by atoms with van der Waals surface area (Å²) < 4.78 is 0. The number of benzene rings is 4. The summed E-state index contributed by atoms with van der Waals surface area (Å²) in [5.41, 5.74) is 7.32. The Balaban J connectivity index is 1.49. The van der Waals surface area contributed by atoms with Gasteiger partial charge in [0.05, 0.1) is 6.04 Å². The maximum Gasteiger partial charge on any atom is 0.251 e. The molecule has 4 aromatic carbocycles. The SMILES string of the molecule is CCC(NC(=N)N)C1NC(=O)C(Cc2ccccc2)NC(=O)C(NC(=O)c2ccccc2)CCCC(C(=O)Nc2cccc3ccccc23)NC1=O. The molecule has 5 rings (SSSR count). The summed E-state index contributed by atoms with van der Waals surface area (Å²) in [7, 11) is 0. The number of hydrogen-bond acceptors (Lipinski definition) is 6. The van der Waals surface area contributed by atoms with Gasteiger partial charge in [-0.15, -0.1) is 0 Å².